The van der Waals surface area contributed by atoms with Crippen molar-refractivity contribution in [2.24, 2.45) is 0 Å². The Morgan fingerprint density at radius 2 is 2.00 bits per heavy atom. The number of aromatic nitrogens is 3. The first-order valence-corrected chi connectivity index (χ1v) is 10.2. The third-order valence-electron chi connectivity index (χ3n) is 5.20. The molecule has 0 aliphatic carbocycles. The first-order valence-electron chi connectivity index (χ1n) is 10.2. The molecule has 0 radical (unpaired) electrons. The Bertz CT molecular complexity index is 1170. The summed E-state index contributed by atoms with van der Waals surface area (Å²) in [5.41, 5.74) is 1.29. The van der Waals surface area contributed by atoms with Gasteiger partial charge in [-0.3, -0.25) is 9.59 Å². The largest absolute Gasteiger partial charge is 0.454 e. The lowest BCUT2D eigenvalue weighted by Gasteiger charge is -2.20. The minimum absolute atomic E-state index is 0.139. The number of pyridine rings is 1. The quantitative estimate of drug-likeness (QED) is 0.575. The van der Waals surface area contributed by atoms with E-state index in [1.54, 1.807) is 19.2 Å². The fraction of sp³-hybridized carbons (Fsp3) is 0.364. The van der Waals surface area contributed by atoms with E-state index >= 15 is 0 Å². The van der Waals surface area contributed by atoms with E-state index in [1.807, 2.05) is 32.0 Å². The van der Waals surface area contributed by atoms with Gasteiger partial charge in [0.1, 0.15) is 12.1 Å². The number of carbonyl (C=O) groups excluding carboxylic acids is 1. The molecule has 1 aliphatic rings. The lowest BCUT2D eigenvalue weighted by atomic mass is 10.1. The lowest BCUT2D eigenvalue weighted by molar-refractivity contribution is 0.0731. The third kappa shape index (κ3) is 4.16. The maximum atomic E-state index is 13.2. The highest BCUT2D eigenvalue weighted by Gasteiger charge is 2.23. The molecule has 9 nitrogen and oxygen atoms in total. The smallest absolute Gasteiger partial charge is 0.263 e. The fourth-order valence-electron chi connectivity index (χ4n) is 3.43. The van der Waals surface area contributed by atoms with Crippen molar-refractivity contribution < 1.29 is 18.8 Å². The second-order valence-electron chi connectivity index (χ2n) is 7.27. The van der Waals surface area contributed by atoms with Gasteiger partial charge in [-0.2, -0.15) is 4.98 Å². The minimum Gasteiger partial charge on any atom is -0.454 e. The van der Waals surface area contributed by atoms with Crippen molar-refractivity contribution in [2.75, 3.05) is 13.3 Å². The lowest BCUT2D eigenvalue weighted by Crippen LogP contribution is -2.37. The Morgan fingerprint density at radius 3 is 2.74 bits per heavy atom. The maximum Gasteiger partial charge on any atom is 0.263 e. The molecule has 0 fully saturated rings. The molecule has 1 amide bonds. The molecule has 9 heteroatoms. The molecule has 0 N–H and O–H groups in total. The number of fused-ring (bicyclic) bond motifs is 1. The normalized spacial score (nSPS) is 12.2. The van der Waals surface area contributed by atoms with Crippen LogP contribution in [0.1, 0.15) is 47.0 Å². The second-order valence-corrected chi connectivity index (χ2v) is 7.27. The van der Waals surface area contributed by atoms with Crippen molar-refractivity contribution in [3.8, 4) is 11.5 Å². The molecule has 3 heterocycles. The van der Waals surface area contributed by atoms with Crippen LogP contribution in [0.3, 0.4) is 0 Å². The summed E-state index contributed by atoms with van der Waals surface area (Å²) in [6.07, 6.45) is 2.34. The molecule has 162 valence electrons. The number of ether oxygens (including phenoxy) is 2. The Balaban J connectivity index is 1.60. The predicted molar refractivity (Wildman–Crippen MR) is 111 cm³/mol. The van der Waals surface area contributed by atoms with Gasteiger partial charge in [0.05, 0.1) is 6.54 Å². The molecule has 2 aromatic heterocycles. The van der Waals surface area contributed by atoms with Gasteiger partial charge in [0.15, 0.2) is 17.3 Å². The van der Waals surface area contributed by atoms with Crippen LogP contribution in [0.2, 0.25) is 0 Å². The average Bonchev–Trinajstić information content (AvgIpc) is 3.42. The van der Waals surface area contributed by atoms with Crippen molar-refractivity contribution in [2.45, 2.75) is 40.3 Å². The van der Waals surface area contributed by atoms with Gasteiger partial charge in [0.2, 0.25) is 12.7 Å². The monoisotopic (exact) mass is 424 g/mol. The van der Waals surface area contributed by atoms with Gasteiger partial charge in [0, 0.05) is 19.2 Å². The zero-order chi connectivity index (χ0) is 22.0. The van der Waals surface area contributed by atoms with E-state index in [1.165, 1.54) is 9.47 Å². The Labute approximate surface area is 179 Å². The molecule has 31 heavy (non-hydrogen) atoms. The molecule has 3 aromatic rings. The Hall–Kier alpha value is -3.62. The predicted octanol–water partition coefficient (Wildman–Crippen LogP) is 2.54. The number of benzene rings is 1. The second kappa shape index (κ2) is 8.63. The van der Waals surface area contributed by atoms with Crippen molar-refractivity contribution in [3.63, 3.8) is 0 Å². The number of carbonyl (C=O) groups is 1. The Morgan fingerprint density at radius 1 is 1.19 bits per heavy atom. The van der Waals surface area contributed by atoms with Crippen LogP contribution in [-0.2, 0) is 19.5 Å². The van der Waals surface area contributed by atoms with E-state index in [2.05, 4.69) is 10.1 Å². The van der Waals surface area contributed by atoms with E-state index in [-0.39, 0.29) is 30.4 Å². The standard InChI is InChI=1S/C22H24N4O5/c1-4-18-23-19(31-24-18)12-25(5-2)21(27)20-14(3)8-9-26(22(20)28)11-15-6-7-16-17(10-15)30-13-29-16/h6-10H,4-5,11-13H2,1-3H3. The molecule has 0 bridgehead atoms. The SMILES string of the molecule is CCc1noc(CN(CC)C(=O)c2c(C)ccn(Cc3ccc4c(c3)OCO4)c2=O)n1. The van der Waals surface area contributed by atoms with Gasteiger partial charge in [-0.25, -0.2) is 0 Å². The highest BCUT2D eigenvalue weighted by atomic mass is 16.7. The van der Waals surface area contributed by atoms with Crippen LogP contribution in [0.5, 0.6) is 11.5 Å². The maximum absolute atomic E-state index is 13.2. The molecular weight excluding hydrogens is 400 g/mol. The summed E-state index contributed by atoms with van der Waals surface area (Å²) in [4.78, 5) is 32.2. The van der Waals surface area contributed by atoms with Crippen LogP contribution in [-0.4, -0.2) is 38.9 Å². The van der Waals surface area contributed by atoms with Crippen LogP contribution in [0.4, 0.5) is 0 Å². The molecule has 0 unspecified atom stereocenters. The van der Waals surface area contributed by atoms with E-state index in [0.29, 0.717) is 48.3 Å². The van der Waals surface area contributed by atoms with Crippen molar-refractivity contribution >= 4 is 5.91 Å². The summed E-state index contributed by atoms with van der Waals surface area (Å²) >= 11 is 0. The van der Waals surface area contributed by atoms with Crippen molar-refractivity contribution in [1.29, 1.82) is 0 Å². The number of nitrogens with zero attached hydrogens (tertiary/aromatic N) is 4. The van der Waals surface area contributed by atoms with E-state index in [0.717, 1.165) is 5.56 Å². The highest BCUT2D eigenvalue weighted by Crippen LogP contribution is 2.32. The summed E-state index contributed by atoms with van der Waals surface area (Å²) < 4.78 is 17.5. The van der Waals surface area contributed by atoms with E-state index in [9.17, 15) is 9.59 Å². The van der Waals surface area contributed by atoms with E-state index < -0.39 is 0 Å². The van der Waals surface area contributed by atoms with E-state index in [4.69, 9.17) is 14.0 Å². The van der Waals surface area contributed by atoms with Crippen LogP contribution < -0.4 is 15.0 Å². The Kier molecular flexibility index (Phi) is 5.75. The number of amides is 1. The van der Waals surface area contributed by atoms with Gasteiger partial charge < -0.3 is 23.5 Å². The zero-order valence-electron chi connectivity index (χ0n) is 17.8. The number of hydrogen-bond donors (Lipinski definition) is 0. The third-order valence-corrected chi connectivity index (χ3v) is 5.20. The van der Waals surface area contributed by atoms with Gasteiger partial charge in [0.25, 0.3) is 11.5 Å². The van der Waals surface area contributed by atoms with Crippen LogP contribution in [0, 0.1) is 6.92 Å². The summed E-state index contributed by atoms with van der Waals surface area (Å²) in [6, 6.07) is 7.31. The molecule has 0 spiro atoms. The summed E-state index contributed by atoms with van der Waals surface area (Å²) in [7, 11) is 0. The first-order chi connectivity index (χ1) is 15.0. The van der Waals surface area contributed by atoms with Crippen LogP contribution in [0.25, 0.3) is 0 Å². The summed E-state index contributed by atoms with van der Waals surface area (Å²) in [5, 5.41) is 3.87. The van der Waals surface area contributed by atoms with Crippen molar-refractivity contribution in [3.05, 3.63) is 69.2 Å². The molecular formula is C22H24N4O5. The molecule has 0 atom stereocenters. The van der Waals surface area contributed by atoms with Gasteiger partial charge in [-0.05, 0) is 43.2 Å². The molecule has 1 aromatic carbocycles. The zero-order valence-corrected chi connectivity index (χ0v) is 17.8. The summed E-state index contributed by atoms with van der Waals surface area (Å²) in [5.74, 6) is 1.90. The average molecular weight is 424 g/mol. The topological polar surface area (TPSA) is 99.7 Å². The minimum atomic E-state index is -0.360. The van der Waals surface area contributed by atoms with Gasteiger partial charge in [-0.15, -0.1) is 0 Å². The molecule has 0 saturated carbocycles. The van der Waals surface area contributed by atoms with Crippen LogP contribution >= 0.6 is 0 Å². The number of hydrogen-bond acceptors (Lipinski definition) is 7. The van der Waals surface area contributed by atoms with Crippen LogP contribution in [0.15, 0.2) is 39.8 Å². The molecule has 4 rings (SSSR count). The van der Waals surface area contributed by atoms with Crippen molar-refractivity contribution in [1.82, 2.24) is 19.6 Å². The molecule has 0 saturated heterocycles. The van der Waals surface area contributed by atoms with Gasteiger partial charge >= 0.3 is 0 Å². The fourth-order valence-corrected chi connectivity index (χ4v) is 3.43. The van der Waals surface area contributed by atoms with Gasteiger partial charge in [-0.1, -0.05) is 18.1 Å². The number of aryl methyl sites for hydroxylation is 2. The first kappa shape index (κ1) is 20.6. The highest BCUT2D eigenvalue weighted by molar-refractivity contribution is 5.95. The summed E-state index contributed by atoms with van der Waals surface area (Å²) in [6.45, 7) is 6.58. The molecule has 1 aliphatic heterocycles. The number of rotatable bonds is 7.